The number of benzene rings is 1. The van der Waals surface area contributed by atoms with Gasteiger partial charge in [-0.3, -0.25) is 0 Å². The van der Waals surface area contributed by atoms with Crippen LogP contribution in [0.1, 0.15) is 26.3 Å². The average Bonchev–Trinajstić information content (AvgIpc) is 3.07. The molecule has 0 atom stereocenters. The van der Waals surface area contributed by atoms with Gasteiger partial charge in [-0.25, -0.2) is 4.68 Å². The van der Waals surface area contributed by atoms with Crippen LogP contribution in [0.15, 0.2) is 33.4 Å². The summed E-state index contributed by atoms with van der Waals surface area (Å²) in [6.45, 7) is 8.26. The summed E-state index contributed by atoms with van der Waals surface area (Å²) in [5.74, 6) is 0. The lowest BCUT2D eigenvalue weighted by molar-refractivity contribution is 0.327. The summed E-state index contributed by atoms with van der Waals surface area (Å²) >= 11 is 5.38. The van der Waals surface area contributed by atoms with Crippen molar-refractivity contribution in [2.24, 2.45) is 5.41 Å². The van der Waals surface area contributed by atoms with E-state index in [1.165, 1.54) is 5.56 Å². The van der Waals surface area contributed by atoms with E-state index in [1.54, 1.807) is 11.3 Å². The summed E-state index contributed by atoms with van der Waals surface area (Å²) in [4.78, 5) is 0. The Morgan fingerprint density at radius 2 is 2.09 bits per heavy atom. The molecule has 2 heterocycles. The summed E-state index contributed by atoms with van der Waals surface area (Å²) in [6, 6.07) is 6.30. The Labute approximate surface area is 142 Å². The molecule has 1 aromatic carbocycles. The Kier molecular flexibility index (Phi) is 4.23. The van der Waals surface area contributed by atoms with Gasteiger partial charge in [0, 0.05) is 13.1 Å². The van der Waals surface area contributed by atoms with Gasteiger partial charge in [-0.1, -0.05) is 26.0 Å². The van der Waals surface area contributed by atoms with Crippen molar-refractivity contribution >= 4 is 44.0 Å². The standard InChI is InChI=1S/C16H19BrN4S/c1-16(2,3)10-21-13-5-4-12(14(17)15(13)19-20-21)18-8-11-6-7-22-9-11/h4-7,9,18H,8,10H2,1-3H3. The Morgan fingerprint density at radius 1 is 1.27 bits per heavy atom. The van der Waals surface area contributed by atoms with Crippen LogP contribution in [0.5, 0.6) is 0 Å². The highest BCUT2D eigenvalue weighted by molar-refractivity contribution is 9.10. The fraction of sp³-hybridized carbons (Fsp3) is 0.375. The van der Waals surface area contributed by atoms with Gasteiger partial charge in [0.1, 0.15) is 5.52 Å². The van der Waals surface area contributed by atoms with Crippen LogP contribution < -0.4 is 5.32 Å². The molecular weight excluding hydrogens is 360 g/mol. The van der Waals surface area contributed by atoms with Crippen LogP contribution in [-0.4, -0.2) is 15.0 Å². The van der Waals surface area contributed by atoms with Crippen LogP contribution in [0.4, 0.5) is 5.69 Å². The van der Waals surface area contributed by atoms with Crippen molar-refractivity contribution in [3.05, 3.63) is 39.0 Å². The van der Waals surface area contributed by atoms with Crippen LogP contribution in [0, 0.1) is 5.41 Å². The number of thiophene rings is 1. The Balaban J connectivity index is 1.87. The van der Waals surface area contributed by atoms with E-state index >= 15 is 0 Å². The highest BCUT2D eigenvalue weighted by Crippen LogP contribution is 2.31. The maximum absolute atomic E-state index is 4.34. The molecule has 2 aromatic heterocycles. The van der Waals surface area contributed by atoms with Gasteiger partial charge in [-0.05, 0) is 55.9 Å². The molecule has 116 valence electrons. The van der Waals surface area contributed by atoms with E-state index in [0.29, 0.717) is 0 Å². The Morgan fingerprint density at radius 3 is 2.77 bits per heavy atom. The zero-order valence-electron chi connectivity index (χ0n) is 12.9. The molecule has 3 rings (SSSR count). The fourth-order valence-corrected chi connectivity index (χ4v) is 3.52. The van der Waals surface area contributed by atoms with E-state index in [4.69, 9.17) is 0 Å². The lowest BCUT2D eigenvalue weighted by atomic mass is 9.97. The Hall–Kier alpha value is -1.40. The van der Waals surface area contributed by atoms with Gasteiger partial charge >= 0.3 is 0 Å². The summed E-state index contributed by atoms with van der Waals surface area (Å²) < 4.78 is 2.95. The second-order valence-electron chi connectivity index (χ2n) is 6.59. The quantitative estimate of drug-likeness (QED) is 0.700. The summed E-state index contributed by atoms with van der Waals surface area (Å²) in [5.41, 5.74) is 4.46. The van der Waals surface area contributed by atoms with Gasteiger partial charge in [0.25, 0.3) is 0 Å². The monoisotopic (exact) mass is 378 g/mol. The van der Waals surface area contributed by atoms with E-state index in [1.807, 2.05) is 4.68 Å². The third-order valence-electron chi connectivity index (χ3n) is 3.31. The van der Waals surface area contributed by atoms with Crippen LogP contribution in [-0.2, 0) is 13.1 Å². The van der Waals surface area contributed by atoms with Crippen molar-refractivity contribution in [2.75, 3.05) is 5.32 Å². The van der Waals surface area contributed by atoms with Crippen LogP contribution >= 0.6 is 27.3 Å². The van der Waals surface area contributed by atoms with Gasteiger partial charge < -0.3 is 5.32 Å². The van der Waals surface area contributed by atoms with Gasteiger partial charge in [-0.2, -0.15) is 11.3 Å². The number of nitrogens with one attached hydrogen (secondary N) is 1. The zero-order valence-corrected chi connectivity index (χ0v) is 15.3. The molecule has 0 saturated carbocycles. The van der Waals surface area contributed by atoms with Crippen molar-refractivity contribution < 1.29 is 0 Å². The first-order valence-corrected chi connectivity index (χ1v) is 8.94. The van der Waals surface area contributed by atoms with Crippen molar-refractivity contribution in [2.45, 2.75) is 33.9 Å². The van der Waals surface area contributed by atoms with Crippen molar-refractivity contribution in [1.29, 1.82) is 0 Å². The molecule has 0 bridgehead atoms. The first-order chi connectivity index (χ1) is 10.4. The maximum atomic E-state index is 4.34. The molecule has 0 aliphatic carbocycles. The second kappa shape index (κ2) is 6.01. The predicted octanol–water partition coefficient (Wildman–Crippen LogP) is 4.91. The number of fused-ring (bicyclic) bond motifs is 1. The number of hydrogen-bond acceptors (Lipinski definition) is 4. The molecule has 0 spiro atoms. The third kappa shape index (κ3) is 3.33. The van der Waals surface area contributed by atoms with E-state index in [2.05, 4.69) is 81.3 Å². The molecule has 0 amide bonds. The minimum atomic E-state index is 0.170. The lowest BCUT2D eigenvalue weighted by Gasteiger charge is -2.18. The second-order valence-corrected chi connectivity index (χ2v) is 8.16. The summed E-state index contributed by atoms with van der Waals surface area (Å²) in [7, 11) is 0. The highest BCUT2D eigenvalue weighted by Gasteiger charge is 2.16. The molecule has 6 heteroatoms. The van der Waals surface area contributed by atoms with Crippen molar-refractivity contribution in [1.82, 2.24) is 15.0 Å². The molecule has 0 fully saturated rings. The van der Waals surface area contributed by atoms with Gasteiger partial charge in [-0.15, -0.1) is 5.10 Å². The van der Waals surface area contributed by atoms with E-state index in [0.717, 1.165) is 34.3 Å². The summed E-state index contributed by atoms with van der Waals surface area (Å²) in [6.07, 6.45) is 0. The van der Waals surface area contributed by atoms with Crippen molar-refractivity contribution in [3.8, 4) is 0 Å². The molecule has 0 radical (unpaired) electrons. The number of aromatic nitrogens is 3. The number of nitrogens with zero attached hydrogens (tertiary/aromatic N) is 3. The SMILES string of the molecule is CC(C)(C)Cn1nnc2c(Br)c(NCc3ccsc3)ccc21. The molecular formula is C16H19BrN4S. The van der Waals surface area contributed by atoms with Crippen LogP contribution in [0.2, 0.25) is 0 Å². The molecule has 22 heavy (non-hydrogen) atoms. The minimum absolute atomic E-state index is 0.170. The number of rotatable bonds is 4. The molecule has 0 saturated heterocycles. The number of hydrogen-bond donors (Lipinski definition) is 1. The van der Waals surface area contributed by atoms with E-state index in [9.17, 15) is 0 Å². The molecule has 0 aliphatic rings. The largest absolute Gasteiger partial charge is 0.380 e. The smallest absolute Gasteiger partial charge is 0.129 e. The van der Waals surface area contributed by atoms with Gasteiger partial charge in [0.05, 0.1) is 15.7 Å². The highest BCUT2D eigenvalue weighted by atomic mass is 79.9. The molecule has 0 aliphatic heterocycles. The van der Waals surface area contributed by atoms with E-state index in [-0.39, 0.29) is 5.41 Å². The van der Waals surface area contributed by atoms with Crippen LogP contribution in [0.3, 0.4) is 0 Å². The number of anilines is 1. The lowest BCUT2D eigenvalue weighted by Crippen LogP contribution is -2.16. The zero-order chi connectivity index (χ0) is 15.7. The van der Waals surface area contributed by atoms with Gasteiger partial charge in [0.2, 0.25) is 0 Å². The summed E-state index contributed by atoms with van der Waals surface area (Å²) in [5, 5.41) is 16.3. The molecule has 0 unspecified atom stereocenters. The maximum Gasteiger partial charge on any atom is 0.129 e. The van der Waals surface area contributed by atoms with Crippen LogP contribution in [0.25, 0.3) is 11.0 Å². The first-order valence-electron chi connectivity index (χ1n) is 7.21. The predicted molar refractivity (Wildman–Crippen MR) is 96.3 cm³/mol. The average molecular weight is 379 g/mol. The Bertz CT molecular complexity index is 771. The molecule has 3 aromatic rings. The van der Waals surface area contributed by atoms with Gasteiger partial charge in [0.15, 0.2) is 0 Å². The topological polar surface area (TPSA) is 42.7 Å². The molecule has 4 nitrogen and oxygen atoms in total. The number of halogens is 1. The molecule has 1 N–H and O–H groups in total. The van der Waals surface area contributed by atoms with Crippen molar-refractivity contribution in [3.63, 3.8) is 0 Å². The van der Waals surface area contributed by atoms with E-state index < -0.39 is 0 Å². The minimum Gasteiger partial charge on any atom is -0.380 e. The third-order valence-corrected chi connectivity index (χ3v) is 4.85. The first kappa shape index (κ1) is 15.5. The fourth-order valence-electron chi connectivity index (χ4n) is 2.30. The normalized spacial score (nSPS) is 12.0.